The Labute approximate surface area is 103 Å². The maximum absolute atomic E-state index is 9.24. The fourth-order valence-corrected chi connectivity index (χ4v) is 1.91. The predicted molar refractivity (Wildman–Crippen MR) is 67.8 cm³/mol. The molecule has 0 bridgehead atoms. The minimum Gasteiger partial charge on any atom is -0.508 e. The van der Waals surface area contributed by atoms with Crippen LogP contribution < -0.4 is 4.74 Å². The van der Waals surface area contributed by atoms with E-state index < -0.39 is 0 Å². The molecule has 3 heteroatoms. The molecule has 0 unspecified atom stereocenters. The van der Waals surface area contributed by atoms with Gasteiger partial charge in [-0.2, -0.15) is 0 Å². The second-order valence-electron chi connectivity index (χ2n) is 3.39. The first kappa shape index (κ1) is 11.0. The van der Waals surface area contributed by atoms with Crippen molar-refractivity contribution in [3.8, 4) is 22.6 Å². The van der Waals surface area contributed by atoms with Gasteiger partial charge in [0.1, 0.15) is 11.5 Å². The molecule has 0 aliphatic carbocycles. The summed E-state index contributed by atoms with van der Waals surface area (Å²) >= 11 is 3.43. The zero-order valence-corrected chi connectivity index (χ0v) is 10.4. The number of ether oxygens (including phenoxy) is 1. The van der Waals surface area contributed by atoms with Crippen molar-refractivity contribution in [3.63, 3.8) is 0 Å². The van der Waals surface area contributed by atoms with Gasteiger partial charge < -0.3 is 9.84 Å². The SMILES string of the molecule is COc1ccc(Br)cc1-c1ccc(O)cc1. The Kier molecular flexibility index (Phi) is 3.15. The first-order valence-electron chi connectivity index (χ1n) is 4.83. The molecule has 0 atom stereocenters. The average molecular weight is 279 g/mol. The predicted octanol–water partition coefficient (Wildman–Crippen LogP) is 3.83. The molecule has 16 heavy (non-hydrogen) atoms. The van der Waals surface area contributed by atoms with Crippen LogP contribution in [0.4, 0.5) is 0 Å². The number of aromatic hydroxyl groups is 1. The Balaban J connectivity index is 2.53. The van der Waals surface area contributed by atoms with Crippen LogP contribution in [0.2, 0.25) is 0 Å². The summed E-state index contributed by atoms with van der Waals surface area (Å²) in [5, 5.41) is 9.24. The van der Waals surface area contributed by atoms with Crippen molar-refractivity contribution >= 4 is 15.9 Å². The zero-order valence-electron chi connectivity index (χ0n) is 8.77. The molecular formula is C13H11BrO2. The fourth-order valence-electron chi connectivity index (χ4n) is 1.55. The van der Waals surface area contributed by atoms with Gasteiger partial charge >= 0.3 is 0 Å². The molecule has 0 heterocycles. The highest BCUT2D eigenvalue weighted by molar-refractivity contribution is 9.10. The van der Waals surface area contributed by atoms with Gasteiger partial charge in [-0.05, 0) is 35.9 Å². The summed E-state index contributed by atoms with van der Waals surface area (Å²) < 4.78 is 6.30. The van der Waals surface area contributed by atoms with Crippen molar-refractivity contribution in [2.24, 2.45) is 0 Å². The molecule has 2 aromatic rings. The van der Waals surface area contributed by atoms with E-state index in [1.165, 1.54) is 0 Å². The third kappa shape index (κ3) is 2.19. The Morgan fingerprint density at radius 1 is 1.06 bits per heavy atom. The molecule has 1 N–H and O–H groups in total. The lowest BCUT2D eigenvalue weighted by Crippen LogP contribution is -1.87. The van der Waals surface area contributed by atoms with E-state index in [9.17, 15) is 5.11 Å². The van der Waals surface area contributed by atoms with Crippen molar-refractivity contribution in [3.05, 3.63) is 46.9 Å². The van der Waals surface area contributed by atoms with Gasteiger partial charge in [0.25, 0.3) is 0 Å². The Hall–Kier alpha value is -1.48. The normalized spacial score (nSPS) is 10.1. The van der Waals surface area contributed by atoms with Gasteiger partial charge in [-0.1, -0.05) is 28.1 Å². The molecule has 0 aliphatic rings. The number of phenols is 1. The number of rotatable bonds is 2. The van der Waals surface area contributed by atoms with Gasteiger partial charge in [-0.15, -0.1) is 0 Å². The fraction of sp³-hybridized carbons (Fsp3) is 0.0769. The topological polar surface area (TPSA) is 29.5 Å². The van der Waals surface area contributed by atoms with Crippen molar-refractivity contribution in [1.82, 2.24) is 0 Å². The van der Waals surface area contributed by atoms with Crippen molar-refractivity contribution < 1.29 is 9.84 Å². The molecular weight excluding hydrogens is 268 g/mol. The van der Waals surface area contributed by atoms with Gasteiger partial charge in [-0.3, -0.25) is 0 Å². The maximum Gasteiger partial charge on any atom is 0.126 e. The molecule has 0 amide bonds. The summed E-state index contributed by atoms with van der Waals surface area (Å²) in [5.41, 5.74) is 2.01. The molecule has 0 spiro atoms. The highest BCUT2D eigenvalue weighted by atomic mass is 79.9. The lowest BCUT2D eigenvalue weighted by Gasteiger charge is -2.09. The summed E-state index contributed by atoms with van der Waals surface area (Å²) in [5.74, 6) is 1.08. The van der Waals surface area contributed by atoms with E-state index in [1.54, 1.807) is 19.2 Å². The number of hydrogen-bond donors (Lipinski definition) is 1. The molecule has 2 rings (SSSR count). The van der Waals surface area contributed by atoms with Gasteiger partial charge in [-0.25, -0.2) is 0 Å². The van der Waals surface area contributed by atoms with Crippen molar-refractivity contribution in [2.45, 2.75) is 0 Å². The standard InChI is InChI=1S/C13H11BrO2/c1-16-13-7-4-10(14)8-12(13)9-2-5-11(15)6-3-9/h2-8,15H,1H3. The van der Waals surface area contributed by atoms with Crippen LogP contribution in [0.15, 0.2) is 46.9 Å². The zero-order chi connectivity index (χ0) is 11.5. The number of phenolic OH excluding ortho intramolecular Hbond substituents is 1. The molecule has 2 aromatic carbocycles. The Bertz CT molecular complexity index is 492. The van der Waals surface area contributed by atoms with Crippen LogP contribution in [0.5, 0.6) is 11.5 Å². The lowest BCUT2D eigenvalue weighted by atomic mass is 10.0. The third-order valence-electron chi connectivity index (χ3n) is 2.34. The van der Waals surface area contributed by atoms with E-state index >= 15 is 0 Å². The van der Waals surface area contributed by atoms with Crippen LogP contribution >= 0.6 is 15.9 Å². The van der Waals surface area contributed by atoms with Crippen LogP contribution in [0.25, 0.3) is 11.1 Å². The van der Waals surface area contributed by atoms with Crippen molar-refractivity contribution in [2.75, 3.05) is 7.11 Å². The summed E-state index contributed by atoms with van der Waals surface area (Å²) in [6.45, 7) is 0. The number of benzene rings is 2. The maximum atomic E-state index is 9.24. The molecule has 0 radical (unpaired) electrons. The monoisotopic (exact) mass is 278 g/mol. The summed E-state index contributed by atoms with van der Waals surface area (Å²) in [7, 11) is 1.65. The number of halogens is 1. The first-order valence-corrected chi connectivity index (χ1v) is 5.63. The van der Waals surface area contributed by atoms with E-state index in [1.807, 2.05) is 30.3 Å². The molecule has 0 saturated heterocycles. The summed E-state index contributed by atoms with van der Waals surface area (Å²) in [6.07, 6.45) is 0. The molecule has 0 fully saturated rings. The van der Waals surface area contributed by atoms with Gasteiger partial charge in [0.2, 0.25) is 0 Å². The number of hydrogen-bond acceptors (Lipinski definition) is 2. The van der Waals surface area contributed by atoms with Crippen LogP contribution in [-0.4, -0.2) is 12.2 Å². The van der Waals surface area contributed by atoms with Gasteiger partial charge in [0.15, 0.2) is 0 Å². The Morgan fingerprint density at radius 3 is 2.38 bits per heavy atom. The smallest absolute Gasteiger partial charge is 0.126 e. The quantitative estimate of drug-likeness (QED) is 0.905. The summed E-state index contributed by atoms with van der Waals surface area (Å²) in [6, 6.07) is 12.9. The molecule has 0 aliphatic heterocycles. The minimum absolute atomic E-state index is 0.262. The average Bonchev–Trinajstić information content (AvgIpc) is 2.30. The van der Waals surface area contributed by atoms with E-state index in [0.717, 1.165) is 21.3 Å². The van der Waals surface area contributed by atoms with E-state index in [-0.39, 0.29) is 5.75 Å². The molecule has 0 aromatic heterocycles. The van der Waals surface area contributed by atoms with E-state index in [2.05, 4.69) is 15.9 Å². The second-order valence-corrected chi connectivity index (χ2v) is 4.31. The first-order chi connectivity index (χ1) is 7.70. The van der Waals surface area contributed by atoms with Crippen LogP contribution in [-0.2, 0) is 0 Å². The summed E-state index contributed by atoms with van der Waals surface area (Å²) in [4.78, 5) is 0. The largest absolute Gasteiger partial charge is 0.508 e. The van der Waals surface area contributed by atoms with E-state index in [4.69, 9.17) is 4.74 Å². The highest BCUT2D eigenvalue weighted by Crippen LogP contribution is 2.33. The lowest BCUT2D eigenvalue weighted by molar-refractivity contribution is 0.416. The number of methoxy groups -OCH3 is 1. The van der Waals surface area contributed by atoms with E-state index in [0.29, 0.717) is 0 Å². The highest BCUT2D eigenvalue weighted by Gasteiger charge is 2.06. The van der Waals surface area contributed by atoms with Crippen LogP contribution in [0.1, 0.15) is 0 Å². The molecule has 2 nitrogen and oxygen atoms in total. The van der Waals surface area contributed by atoms with Crippen molar-refractivity contribution in [1.29, 1.82) is 0 Å². The third-order valence-corrected chi connectivity index (χ3v) is 2.83. The van der Waals surface area contributed by atoms with Crippen LogP contribution in [0.3, 0.4) is 0 Å². The second kappa shape index (κ2) is 4.58. The van der Waals surface area contributed by atoms with Gasteiger partial charge in [0.05, 0.1) is 7.11 Å². The minimum atomic E-state index is 0.262. The molecule has 0 saturated carbocycles. The Morgan fingerprint density at radius 2 is 1.75 bits per heavy atom. The van der Waals surface area contributed by atoms with Gasteiger partial charge in [0, 0.05) is 10.0 Å². The molecule has 82 valence electrons. The van der Waals surface area contributed by atoms with Crippen LogP contribution in [0, 0.1) is 0 Å².